The SMILES string of the molecule is COc1ccc(CCNC(C)CCC(C)(c2ccc(OC)c(OC)c2)C(C)C)cc1OC.N. The van der Waals surface area contributed by atoms with Gasteiger partial charge in [0, 0.05) is 6.04 Å². The normalized spacial score (nSPS) is 13.6. The largest absolute Gasteiger partial charge is 0.493 e. The van der Waals surface area contributed by atoms with Crippen molar-refractivity contribution in [3.63, 3.8) is 0 Å². The van der Waals surface area contributed by atoms with E-state index in [0.29, 0.717) is 12.0 Å². The molecule has 0 aromatic heterocycles. The molecular formula is C27H44N2O4. The molecule has 2 rings (SSSR count). The lowest BCUT2D eigenvalue weighted by Crippen LogP contribution is -2.34. The van der Waals surface area contributed by atoms with Gasteiger partial charge in [0.05, 0.1) is 28.4 Å². The molecule has 0 aliphatic rings. The molecule has 33 heavy (non-hydrogen) atoms. The summed E-state index contributed by atoms with van der Waals surface area (Å²) in [6.45, 7) is 10.1. The lowest BCUT2D eigenvalue weighted by atomic mass is 9.70. The van der Waals surface area contributed by atoms with Gasteiger partial charge >= 0.3 is 0 Å². The summed E-state index contributed by atoms with van der Waals surface area (Å²) in [4.78, 5) is 0. The maximum atomic E-state index is 5.55. The molecule has 0 radical (unpaired) electrons. The van der Waals surface area contributed by atoms with Crippen molar-refractivity contribution < 1.29 is 18.9 Å². The maximum Gasteiger partial charge on any atom is 0.161 e. The third-order valence-electron chi connectivity index (χ3n) is 6.77. The van der Waals surface area contributed by atoms with Gasteiger partial charge < -0.3 is 30.4 Å². The molecule has 0 aliphatic carbocycles. The molecule has 0 amide bonds. The first-order valence-electron chi connectivity index (χ1n) is 11.5. The van der Waals surface area contributed by atoms with Crippen LogP contribution in [0.25, 0.3) is 0 Å². The molecule has 0 fully saturated rings. The highest BCUT2D eigenvalue weighted by molar-refractivity contribution is 5.45. The Balaban J connectivity index is 0.00000544. The highest BCUT2D eigenvalue weighted by atomic mass is 16.5. The first-order valence-corrected chi connectivity index (χ1v) is 11.5. The second kappa shape index (κ2) is 13.3. The molecule has 6 heteroatoms. The fourth-order valence-electron chi connectivity index (χ4n) is 4.08. The van der Waals surface area contributed by atoms with Crippen molar-refractivity contribution in [1.29, 1.82) is 0 Å². The summed E-state index contributed by atoms with van der Waals surface area (Å²) in [5.41, 5.74) is 2.58. The summed E-state index contributed by atoms with van der Waals surface area (Å²) in [7, 11) is 6.70. The molecule has 0 heterocycles. The molecule has 6 nitrogen and oxygen atoms in total. The van der Waals surface area contributed by atoms with Crippen molar-refractivity contribution in [1.82, 2.24) is 11.5 Å². The van der Waals surface area contributed by atoms with E-state index in [1.165, 1.54) is 11.1 Å². The topological polar surface area (TPSA) is 84.0 Å². The zero-order valence-electron chi connectivity index (χ0n) is 21.8. The lowest BCUT2D eigenvalue weighted by Gasteiger charge is -2.36. The van der Waals surface area contributed by atoms with Crippen molar-refractivity contribution >= 4 is 0 Å². The van der Waals surface area contributed by atoms with Crippen LogP contribution in [0, 0.1) is 5.92 Å². The Morgan fingerprint density at radius 2 is 1.33 bits per heavy atom. The fraction of sp³-hybridized carbons (Fsp3) is 0.556. The molecule has 4 N–H and O–H groups in total. The molecule has 186 valence electrons. The molecule has 0 saturated carbocycles. The predicted molar refractivity (Wildman–Crippen MR) is 137 cm³/mol. The molecule has 2 unspecified atom stereocenters. The second-order valence-electron chi connectivity index (χ2n) is 8.98. The van der Waals surface area contributed by atoms with Crippen LogP contribution < -0.4 is 30.4 Å². The van der Waals surface area contributed by atoms with E-state index in [1.54, 1.807) is 28.4 Å². The van der Waals surface area contributed by atoms with Gasteiger partial charge in [0.2, 0.25) is 0 Å². The van der Waals surface area contributed by atoms with Gasteiger partial charge in [-0.25, -0.2) is 0 Å². The Morgan fingerprint density at radius 3 is 1.88 bits per heavy atom. The molecule has 2 atom stereocenters. The highest BCUT2D eigenvalue weighted by Crippen LogP contribution is 2.40. The summed E-state index contributed by atoms with van der Waals surface area (Å²) in [6, 6.07) is 12.9. The minimum absolute atomic E-state index is 0. The Bertz CT molecular complexity index is 856. The highest BCUT2D eigenvalue weighted by Gasteiger charge is 2.31. The minimum atomic E-state index is 0. The number of methoxy groups -OCH3 is 4. The number of hydrogen-bond acceptors (Lipinski definition) is 6. The van der Waals surface area contributed by atoms with E-state index in [0.717, 1.165) is 48.8 Å². The van der Waals surface area contributed by atoms with Crippen LogP contribution in [0.5, 0.6) is 23.0 Å². The van der Waals surface area contributed by atoms with Crippen LogP contribution in [0.1, 0.15) is 51.7 Å². The first kappa shape index (κ1) is 28.6. The van der Waals surface area contributed by atoms with Gasteiger partial charge in [0.25, 0.3) is 0 Å². The van der Waals surface area contributed by atoms with Crippen molar-refractivity contribution in [2.45, 2.75) is 58.4 Å². The fourth-order valence-corrected chi connectivity index (χ4v) is 4.08. The number of rotatable bonds is 13. The van der Waals surface area contributed by atoms with E-state index >= 15 is 0 Å². The number of benzene rings is 2. The van der Waals surface area contributed by atoms with E-state index < -0.39 is 0 Å². The molecule has 2 aromatic carbocycles. The number of hydrogen-bond donors (Lipinski definition) is 2. The second-order valence-corrected chi connectivity index (χ2v) is 8.98. The monoisotopic (exact) mass is 460 g/mol. The summed E-state index contributed by atoms with van der Waals surface area (Å²) < 4.78 is 21.7. The van der Waals surface area contributed by atoms with Gasteiger partial charge in [-0.2, -0.15) is 0 Å². The van der Waals surface area contributed by atoms with Gasteiger partial charge in [0.1, 0.15) is 0 Å². The van der Waals surface area contributed by atoms with E-state index in [4.69, 9.17) is 18.9 Å². The number of ether oxygens (including phenoxy) is 4. The van der Waals surface area contributed by atoms with E-state index in [-0.39, 0.29) is 11.6 Å². The van der Waals surface area contributed by atoms with Crippen LogP contribution >= 0.6 is 0 Å². The average molecular weight is 461 g/mol. The van der Waals surface area contributed by atoms with Gasteiger partial charge in [-0.3, -0.25) is 0 Å². The van der Waals surface area contributed by atoms with Crippen molar-refractivity contribution in [2.24, 2.45) is 5.92 Å². The van der Waals surface area contributed by atoms with Gasteiger partial charge in [-0.1, -0.05) is 32.9 Å². The van der Waals surface area contributed by atoms with Crippen molar-refractivity contribution in [2.75, 3.05) is 35.0 Å². The summed E-state index contributed by atoms with van der Waals surface area (Å²) in [5.74, 6) is 3.60. The number of nitrogens with one attached hydrogen (secondary N) is 1. The summed E-state index contributed by atoms with van der Waals surface area (Å²) >= 11 is 0. The average Bonchev–Trinajstić information content (AvgIpc) is 2.81. The van der Waals surface area contributed by atoms with Crippen molar-refractivity contribution in [3.05, 3.63) is 47.5 Å². The smallest absolute Gasteiger partial charge is 0.161 e. The minimum Gasteiger partial charge on any atom is -0.493 e. The van der Waals surface area contributed by atoms with Crippen LogP contribution in [0.4, 0.5) is 0 Å². The Morgan fingerprint density at radius 1 is 0.788 bits per heavy atom. The van der Waals surface area contributed by atoms with Gasteiger partial charge in [-0.15, -0.1) is 0 Å². The van der Waals surface area contributed by atoms with Gasteiger partial charge in [-0.05, 0) is 79.5 Å². The van der Waals surface area contributed by atoms with E-state index in [9.17, 15) is 0 Å². The lowest BCUT2D eigenvalue weighted by molar-refractivity contribution is 0.288. The molecule has 0 spiro atoms. The Labute approximate surface area is 200 Å². The maximum absolute atomic E-state index is 5.55. The van der Waals surface area contributed by atoms with Crippen LogP contribution in [0.15, 0.2) is 36.4 Å². The van der Waals surface area contributed by atoms with Crippen LogP contribution in [-0.4, -0.2) is 41.0 Å². The molecule has 2 aromatic rings. The first-order chi connectivity index (χ1) is 15.3. The van der Waals surface area contributed by atoms with Crippen molar-refractivity contribution in [3.8, 4) is 23.0 Å². The van der Waals surface area contributed by atoms with Crippen LogP contribution in [0.3, 0.4) is 0 Å². The predicted octanol–water partition coefficient (Wildman–Crippen LogP) is 5.80. The summed E-state index contributed by atoms with van der Waals surface area (Å²) in [5, 5.41) is 3.68. The molecule has 0 saturated heterocycles. The molecule has 0 bridgehead atoms. The standard InChI is InChI=1S/C27H41NO4.H3N/c1-19(2)27(4,22-10-12-24(30-6)26(18-22)32-8)15-13-20(3)28-16-14-21-9-11-23(29-5)25(17-21)31-7;/h9-12,17-20,28H,13-16H2,1-8H3;1H3. The van der Waals surface area contributed by atoms with E-state index in [2.05, 4.69) is 57.3 Å². The Kier molecular flexibility index (Phi) is 11.5. The quantitative estimate of drug-likeness (QED) is 0.393. The summed E-state index contributed by atoms with van der Waals surface area (Å²) in [6.07, 6.45) is 3.13. The van der Waals surface area contributed by atoms with Crippen LogP contribution in [-0.2, 0) is 11.8 Å². The third kappa shape index (κ3) is 7.27. The van der Waals surface area contributed by atoms with E-state index in [1.807, 2.05) is 12.1 Å². The molecule has 0 aliphatic heterocycles. The Hall–Kier alpha value is -2.44. The molecular weight excluding hydrogens is 416 g/mol. The van der Waals surface area contributed by atoms with Crippen LogP contribution in [0.2, 0.25) is 0 Å². The van der Waals surface area contributed by atoms with Gasteiger partial charge in [0.15, 0.2) is 23.0 Å². The zero-order valence-corrected chi connectivity index (χ0v) is 21.8. The zero-order chi connectivity index (χ0) is 23.7. The third-order valence-corrected chi connectivity index (χ3v) is 6.77.